The van der Waals surface area contributed by atoms with Crippen LogP contribution in [0.25, 0.3) is 0 Å². The highest BCUT2D eigenvalue weighted by molar-refractivity contribution is 5.35. The SMILES string of the molecule is CCCn1cc(CC)nc1N1CCC2CCC(C1)N2. The normalized spacial score (nSPS) is 26.7. The summed E-state index contributed by atoms with van der Waals surface area (Å²) in [6, 6.07) is 1.42. The number of rotatable bonds is 4. The van der Waals surface area contributed by atoms with Crippen LogP contribution in [0.4, 0.5) is 5.95 Å². The van der Waals surface area contributed by atoms with Gasteiger partial charge in [-0.05, 0) is 32.1 Å². The van der Waals surface area contributed by atoms with Crippen LogP contribution in [0.3, 0.4) is 0 Å². The Kier molecular flexibility index (Phi) is 3.78. The Hall–Kier alpha value is -1.03. The summed E-state index contributed by atoms with van der Waals surface area (Å²) in [5.41, 5.74) is 1.23. The van der Waals surface area contributed by atoms with Crippen molar-refractivity contribution in [2.75, 3.05) is 18.0 Å². The van der Waals surface area contributed by atoms with Crippen molar-refractivity contribution in [2.24, 2.45) is 0 Å². The molecular weight excluding hydrogens is 236 g/mol. The fourth-order valence-corrected chi connectivity index (χ4v) is 3.41. The van der Waals surface area contributed by atoms with E-state index in [0.29, 0.717) is 6.04 Å². The maximum atomic E-state index is 4.86. The monoisotopic (exact) mass is 262 g/mol. The van der Waals surface area contributed by atoms with Gasteiger partial charge in [0.25, 0.3) is 0 Å². The minimum atomic E-state index is 0.671. The van der Waals surface area contributed by atoms with Crippen molar-refractivity contribution in [1.29, 1.82) is 0 Å². The Balaban J connectivity index is 1.81. The molecular formula is C15H26N4. The van der Waals surface area contributed by atoms with Crippen molar-refractivity contribution in [1.82, 2.24) is 14.9 Å². The van der Waals surface area contributed by atoms with Gasteiger partial charge in [0.05, 0.1) is 5.69 Å². The van der Waals surface area contributed by atoms with Crippen LogP contribution < -0.4 is 10.2 Å². The molecule has 4 heteroatoms. The molecule has 1 aromatic heterocycles. The minimum Gasteiger partial charge on any atom is -0.341 e. The summed E-state index contributed by atoms with van der Waals surface area (Å²) in [6.45, 7) is 7.79. The first-order chi connectivity index (χ1) is 9.30. The lowest BCUT2D eigenvalue weighted by atomic mass is 10.1. The number of imidazole rings is 1. The Morgan fingerprint density at radius 2 is 2.11 bits per heavy atom. The molecule has 4 nitrogen and oxygen atoms in total. The van der Waals surface area contributed by atoms with Gasteiger partial charge in [-0.1, -0.05) is 13.8 Å². The van der Waals surface area contributed by atoms with E-state index in [1.54, 1.807) is 0 Å². The summed E-state index contributed by atoms with van der Waals surface area (Å²) in [5, 5.41) is 3.75. The number of aromatic nitrogens is 2. The van der Waals surface area contributed by atoms with Crippen LogP contribution in [0.5, 0.6) is 0 Å². The quantitative estimate of drug-likeness (QED) is 0.903. The van der Waals surface area contributed by atoms with E-state index in [9.17, 15) is 0 Å². The van der Waals surface area contributed by atoms with Gasteiger partial charge >= 0.3 is 0 Å². The summed E-state index contributed by atoms with van der Waals surface area (Å²) in [6.07, 6.45) is 8.40. The number of fused-ring (bicyclic) bond motifs is 2. The molecule has 2 bridgehead atoms. The van der Waals surface area contributed by atoms with Crippen molar-refractivity contribution in [3.05, 3.63) is 11.9 Å². The third-order valence-corrected chi connectivity index (χ3v) is 4.44. The first kappa shape index (κ1) is 13.0. The highest BCUT2D eigenvalue weighted by atomic mass is 15.3. The molecule has 0 aromatic carbocycles. The molecule has 0 radical (unpaired) electrons. The molecule has 2 fully saturated rings. The molecule has 1 aromatic rings. The third kappa shape index (κ3) is 2.64. The van der Waals surface area contributed by atoms with Gasteiger partial charge in [0.2, 0.25) is 5.95 Å². The summed E-state index contributed by atoms with van der Waals surface area (Å²) < 4.78 is 2.36. The molecule has 3 heterocycles. The van der Waals surface area contributed by atoms with Gasteiger partial charge in [-0.3, -0.25) is 0 Å². The standard InChI is InChI=1S/C15H26N4/c1-3-8-18-10-12(4-2)17-15(18)19-9-7-13-5-6-14(11-19)16-13/h10,13-14,16H,3-9,11H2,1-2H3. The second kappa shape index (κ2) is 5.53. The van der Waals surface area contributed by atoms with Crippen LogP contribution in [0.15, 0.2) is 6.20 Å². The number of hydrogen-bond donors (Lipinski definition) is 1. The van der Waals surface area contributed by atoms with E-state index < -0.39 is 0 Å². The highest BCUT2D eigenvalue weighted by Crippen LogP contribution is 2.24. The van der Waals surface area contributed by atoms with E-state index in [0.717, 1.165) is 32.1 Å². The van der Waals surface area contributed by atoms with Crippen LogP contribution in [-0.2, 0) is 13.0 Å². The van der Waals surface area contributed by atoms with Crippen molar-refractivity contribution in [3.63, 3.8) is 0 Å². The second-order valence-corrected chi connectivity index (χ2v) is 5.95. The van der Waals surface area contributed by atoms with Crippen LogP contribution in [-0.4, -0.2) is 34.7 Å². The molecule has 106 valence electrons. The maximum absolute atomic E-state index is 4.86. The molecule has 0 aliphatic carbocycles. The molecule has 2 aliphatic heterocycles. The molecule has 2 saturated heterocycles. The van der Waals surface area contributed by atoms with Crippen molar-refractivity contribution in [3.8, 4) is 0 Å². The fraction of sp³-hybridized carbons (Fsp3) is 0.800. The smallest absolute Gasteiger partial charge is 0.205 e. The zero-order valence-electron chi connectivity index (χ0n) is 12.2. The predicted octanol–water partition coefficient (Wildman–Crippen LogP) is 2.19. The Labute approximate surface area is 116 Å². The molecule has 0 spiro atoms. The number of anilines is 1. The fourth-order valence-electron chi connectivity index (χ4n) is 3.41. The van der Waals surface area contributed by atoms with Crippen LogP contribution in [0, 0.1) is 0 Å². The zero-order valence-corrected chi connectivity index (χ0v) is 12.2. The van der Waals surface area contributed by atoms with Gasteiger partial charge in [-0.2, -0.15) is 0 Å². The van der Waals surface area contributed by atoms with Gasteiger partial charge in [-0.25, -0.2) is 4.98 Å². The average molecular weight is 262 g/mol. The summed E-state index contributed by atoms with van der Waals surface area (Å²) in [4.78, 5) is 7.36. The number of nitrogens with one attached hydrogen (secondary N) is 1. The van der Waals surface area contributed by atoms with Crippen molar-refractivity contribution in [2.45, 2.75) is 64.6 Å². The van der Waals surface area contributed by atoms with Gasteiger partial charge in [0, 0.05) is 37.9 Å². The highest BCUT2D eigenvalue weighted by Gasteiger charge is 2.30. The Morgan fingerprint density at radius 1 is 1.26 bits per heavy atom. The third-order valence-electron chi connectivity index (χ3n) is 4.44. The lowest BCUT2D eigenvalue weighted by molar-refractivity contribution is 0.563. The van der Waals surface area contributed by atoms with E-state index in [-0.39, 0.29) is 0 Å². The Bertz CT molecular complexity index is 426. The average Bonchev–Trinajstić information content (AvgIpc) is 2.94. The molecule has 1 N–H and O–H groups in total. The molecule has 2 aliphatic rings. The predicted molar refractivity (Wildman–Crippen MR) is 78.7 cm³/mol. The van der Waals surface area contributed by atoms with Crippen molar-refractivity contribution < 1.29 is 0 Å². The topological polar surface area (TPSA) is 33.1 Å². The molecule has 2 unspecified atom stereocenters. The van der Waals surface area contributed by atoms with E-state index in [2.05, 4.69) is 34.8 Å². The summed E-state index contributed by atoms with van der Waals surface area (Å²) >= 11 is 0. The maximum Gasteiger partial charge on any atom is 0.205 e. The van der Waals surface area contributed by atoms with Crippen LogP contribution >= 0.6 is 0 Å². The van der Waals surface area contributed by atoms with Crippen LogP contribution in [0.1, 0.15) is 45.2 Å². The molecule has 19 heavy (non-hydrogen) atoms. The first-order valence-electron chi connectivity index (χ1n) is 7.87. The Morgan fingerprint density at radius 3 is 2.89 bits per heavy atom. The number of aryl methyl sites for hydroxylation is 2. The van der Waals surface area contributed by atoms with E-state index >= 15 is 0 Å². The number of hydrogen-bond acceptors (Lipinski definition) is 3. The van der Waals surface area contributed by atoms with Crippen LogP contribution in [0.2, 0.25) is 0 Å². The molecule has 0 amide bonds. The second-order valence-electron chi connectivity index (χ2n) is 5.95. The van der Waals surface area contributed by atoms with E-state index in [4.69, 9.17) is 4.98 Å². The molecule has 2 atom stereocenters. The first-order valence-corrected chi connectivity index (χ1v) is 7.87. The lowest BCUT2D eigenvalue weighted by Gasteiger charge is -2.25. The summed E-state index contributed by atoms with van der Waals surface area (Å²) in [5.74, 6) is 1.20. The van der Waals surface area contributed by atoms with Gasteiger partial charge < -0.3 is 14.8 Å². The van der Waals surface area contributed by atoms with E-state index in [1.807, 2.05) is 0 Å². The van der Waals surface area contributed by atoms with Gasteiger partial charge in [0.1, 0.15) is 0 Å². The zero-order chi connectivity index (χ0) is 13.2. The van der Waals surface area contributed by atoms with Crippen molar-refractivity contribution >= 4 is 5.95 Å². The van der Waals surface area contributed by atoms with E-state index in [1.165, 1.54) is 37.3 Å². The lowest BCUT2D eigenvalue weighted by Crippen LogP contribution is -2.36. The molecule has 3 rings (SSSR count). The van der Waals surface area contributed by atoms with Gasteiger partial charge in [-0.15, -0.1) is 0 Å². The molecule has 0 saturated carbocycles. The largest absolute Gasteiger partial charge is 0.341 e. The minimum absolute atomic E-state index is 0.671. The summed E-state index contributed by atoms with van der Waals surface area (Å²) in [7, 11) is 0. The number of nitrogens with zero attached hydrogens (tertiary/aromatic N) is 3. The van der Waals surface area contributed by atoms with Gasteiger partial charge in [0.15, 0.2) is 0 Å².